The van der Waals surface area contributed by atoms with Crippen molar-refractivity contribution in [2.75, 3.05) is 5.01 Å². The summed E-state index contributed by atoms with van der Waals surface area (Å²) < 4.78 is 0. The first kappa shape index (κ1) is 15.0. The van der Waals surface area contributed by atoms with Crippen LogP contribution in [0.15, 0.2) is 29.6 Å². The Bertz CT molecular complexity index is 630. The molecule has 0 spiro atoms. The van der Waals surface area contributed by atoms with Crippen molar-refractivity contribution in [1.29, 1.82) is 0 Å². The Labute approximate surface area is 133 Å². The van der Waals surface area contributed by atoms with Gasteiger partial charge in [-0.3, -0.25) is 24.5 Å². The number of imide groups is 1. The number of pyridine rings is 1. The lowest BCUT2D eigenvalue weighted by molar-refractivity contribution is -0.145. The van der Waals surface area contributed by atoms with Crippen LogP contribution in [0.25, 0.3) is 0 Å². The van der Waals surface area contributed by atoms with Gasteiger partial charge in [0.2, 0.25) is 11.8 Å². The normalized spacial score (nSPS) is 24.1. The van der Waals surface area contributed by atoms with Crippen LogP contribution in [0, 0.1) is 5.92 Å². The molecule has 2 amide bonds. The van der Waals surface area contributed by atoms with E-state index in [2.05, 4.69) is 10.1 Å². The first-order valence-electron chi connectivity index (χ1n) is 7.27. The van der Waals surface area contributed by atoms with E-state index in [0.717, 1.165) is 18.5 Å². The highest BCUT2D eigenvalue weighted by atomic mass is 35.5. The quantitative estimate of drug-likeness (QED) is 0.854. The predicted molar refractivity (Wildman–Crippen MR) is 83.5 cm³/mol. The number of anilines is 1. The largest absolute Gasteiger partial charge is 0.275 e. The standard InChI is InChI=1S/C15H17ClN4O2/c1-9-13(19(10(2)21)15(22)11-5-6-11)14(16)18-20(9)12-4-3-7-17-8-12/h3-4,7-9,11,13H,5-6H2,1-2H3. The van der Waals surface area contributed by atoms with Gasteiger partial charge in [-0.25, -0.2) is 0 Å². The predicted octanol–water partition coefficient (Wildman–Crippen LogP) is 2.00. The maximum atomic E-state index is 12.4. The summed E-state index contributed by atoms with van der Waals surface area (Å²) >= 11 is 6.27. The minimum absolute atomic E-state index is 0.0481. The average Bonchev–Trinajstić information content (AvgIpc) is 3.30. The summed E-state index contributed by atoms with van der Waals surface area (Å²) in [5.74, 6) is -0.492. The van der Waals surface area contributed by atoms with Crippen molar-refractivity contribution in [3.8, 4) is 0 Å². The monoisotopic (exact) mass is 320 g/mol. The van der Waals surface area contributed by atoms with E-state index in [4.69, 9.17) is 11.6 Å². The van der Waals surface area contributed by atoms with Crippen LogP contribution in [0.4, 0.5) is 5.69 Å². The van der Waals surface area contributed by atoms with E-state index in [-0.39, 0.29) is 28.9 Å². The van der Waals surface area contributed by atoms with Crippen molar-refractivity contribution in [3.63, 3.8) is 0 Å². The number of carbonyl (C=O) groups is 2. The molecule has 0 aromatic carbocycles. The van der Waals surface area contributed by atoms with Gasteiger partial charge in [0.15, 0.2) is 5.17 Å². The molecule has 1 aliphatic heterocycles. The van der Waals surface area contributed by atoms with Crippen LogP contribution in [-0.2, 0) is 9.59 Å². The summed E-state index contributed by atoms with van der Waals surface area (Å²) in [6.45, 7) is 3.29. The lowest BCUT2D eigenvalue weighted by atomic mass is 10.1. The van der Waals surface area contributed by atoms with Crippen LogP contribution in [0.3, 0.4) is 0 Å². The topological polar surface area (TPSA) is 65.9 Å². The molecule has 6 nitrogen and oxygen atoms in total. The molecule has 0 radical (unpaired) electrons. The molecule has 1 fully saturated rings. The van der Waals surface area contributed by atoms with Crippen LogP contribution < -0.4 is 5.01 Å². The SMILES string of the molecule is CC(=O)N(C(=O)C1CC1)C1C(Cl)=NN(c2cccnc2)C1C. The molecular formula is C15H17ClN4O2. The number of carbonyl (C=O) groups excluding carboxylic acids is 2. The van der Waals surface area contributed by atoms with Gasteiger partial charge in [-0.2, -0.15) is 5.10 Å². The van der Waals surface area contributed by atoms with Crippen LogP contribution in [0.5, 0.6) is 0 Å². The van der Waals surface area contributed by atoms with E-state index in [0.29, 0.717) is 0 Å². The zero-order valence-electron chi connectivity index (χ0n) is 12.4. The first-order valence-corrected chi connectivity index (χ1v) is 7.65. The van der Waals surface area contributed by atoms with E-state index in [9.17, 15) is 9.59 Å². The third-order valence-electron chi connectivity index (χ3n) is 3.98. The summed E-state index contributed by atoms with van der Waals surface area (Å²) in [6.07, 6.45) is 5.02. The van der Waals surface area contributed by atoms with Gasteiger partial charge in [0.1, 0.15) is 6.04 Å². The second-order valence-electron chi connectivity index (χ2n) is 5.67. The van der Waals surface area contributed by atoms with Gasteiger partial charge >= 0.3 is 0 Å². The van der Waals surface area contributed by atoms with Crippen LogP contribution in [-0.4, -0.2) is 39.0 Å². The molecule has 2 heterocycles. The number of hydrazone groups is 1. The Hall–Kier alpha value is -1.95. The molecule has 7 heteroatoms. The Kier molecular flexibility index (Phi) is 3.87. The highest BCUT2D eigenvalue weighted by Gasteiger charge is 2.46. The van der Waals surface area contributed by atoms with E-state index in [1.807, 2.05) is 13.0 Å². The lowest BCUT2D eigenvalue weighted by Crippen LogP contribution is -2.52. The second kappa shape index (κ2) is 5.68. The molecule has 116 valence electrons. The molecule has 3 rings (SSSR count). The zero-order valence-corrected chi connectivity index (χ0v) is 13.2. The van der Waals surface area contributed by atoms with Gasteiger partial charge in [0, 0.05) is 19.0 Å². The summed E-state index contributed by atoms with van der Waals surface area (Å²) in [7, 11) is 0. The van der Waals surface area contributed by atoms with E-state index < -0.39 is 6.04 Å². The summed E-state index contributed by atoms with van der Waals surface area (Å²) in [5, 5.41) is 6.27. The first-order chi connectivity index (χ1) is 10.5. The molecule has 0 saturated heterocycles. The smallest absolute Gasteiger partial charge is 0.233 e. The number of amides is 2. The highest BCUT2D eigenvalue weighted by molar-refractivity contribution is 6.67. The van der Waals surface area contributed by atoms with Gasteiger partial charge in [0.25, 0.3) is 0 Å². The zero-order chi connectivity index (χ0) is 15.9. The Morgan fingerprint density at radius 3 is 2.68 bits per heavy atom. The highest BCUT2D eigenvalue weighted by Crippen LogP contribution is 2.35. The molecule has 0 N–H and O–H groups in total. The van der Waals surface area contributed by atoms with Gasteiger partial charge in [-0.1, -0.05) is 11.6 Å². The lowest BCUT2D eigenvalue weighted by Gasteiger charge is -2.31. The summed E-state index contributed by atoms with van der Waals surface area (Å²) in [4.78, 5) is 29.8. The van der Waals surface area contributed by atoms with Gasteiger partial charge in [0.05, 0.1) is 17.9 Å². The molecule has 1 aromatic rings. The van der Waals surface area contributed by atoms with Crippen LogP contribution >= 0.6 is 11.6 Å². The van der Waals surface area contributed by atoms with Crippen molar-refractivity contribution >= 4 is 34.3 Å². The third kappa shape index (κ3) is 2.59. The molecule has 2 atom stereocenters. The molecule has 1 aromatic heterocycles. The van der Waals surface area contributed by atoms with E-state index in [1.54, 1.807) is 23.5 Å². The molecule has 1 saturated carbocycles. The van der Waals surface area contributed by atoms with E-state index in [1.165, 1.54) is 11.8 Å². The van der Waals surface area contributed by atoms with Crippen molar-refractivity contribution in [2.45, 2.75) is 38.8 Å². The fourth-order valence-corrected chi connectivity index (χ4v) is 3.07. The number of halogens is 1. The minimum atomic E-state index is -0.549. The number of aromatic nitrogens is 1. The Balaban J connectivity index is 1.89. The summed E-state index contributed by atoms with van der Waals surface area (Å²) in [6, 6.07) is 2.88. The molecule has 0 bridgehead atoms. The number of hydrogen-bond acceptors (Lipinski definition) is 5. The van der Waals surface area contributed by atoms with Gasteiger partial charge in [-0.15, -0.1) is 0 Å². The van der Waals surface area contributed by atoms with Crippen LogP contribution in [0.1, 0.15) is 26.7 Å². The Morgan fingerprint density at radius 2 is 2.14 bits per heavy atom. The summed E-state index contributed by atoms with van der Waals surface area (Å²) in [5.41, 5.74) is 0.776. The number of hydrogen-bond donors (Lipinski definition) is 0. The van der Waals surface area contributed by atoms with Crippen molar-refractivity contribution < 1.29 is 9.59 Å². The van der Waals surface area contributed by atoms with Crippen molar-refractivity contribution in [1.82, 2.24) is 9.88 Å². The number of rotatable bonds is 3. The third-order valence-corrected chi connectivity index (χ3v) is 4.28. The molecule has 2 aliphatic rings. The molecule has 22 heavy (non-hydrogen) atoms. The maximum Gasteiger partial charge on any atom is 0.233 e. The second-order valence-corrected chi connectivity index (χ2v) is 6.05. The fourth-order valence-electron chi connectivity index (χ4n) is 2.71. The number of nitrogens with zero attached hydrogens (tertiary/aromatic N) is 4. The molecular weight excluding hydrogens is 304 g/mol. The van der Waals surface area contributed by atoms with Crippen molar-refractivity contribution in [3.05, 3.63) is 24.5 Å². The van der Waals surface area contributed by atoms with Crippen LogP contribution in [0.2, 0.25) is 0 Å². The average molecular weight is 321 g/mol. The van der Waals surface area contributed by atoms with Gasteiger partial charge < -0.3 is 0 Å². The maximum absolute atomic E-state index is 12.4. The van der Waals surface area contributed by atoms with Gasteiger partial charge in [-0.05, 0) is 31.9 Å². The Morgan fingerprint density at radius 1 is 1.41 bits per heavy atom. The van der Waals surface area contributed by atoms with Crippen molar-refractivity contribution in [2.24, 2.45) is 11.0 Å². The minimum Gasteiger partial charge on any atom is -0.275 e. The molecule has 1 aliphatic carbocycles. The fraction of sp³-hybridized carbons (Fsp3) is 0.467. The molecule has 2 unspecified atom stereocenters. The van der Waals surface area contributed by atoms with E-state index >= 15 is 0 Å².